The molecule has 0 saturated heterocycles. The van der Waals surface area contributed by atoms with Gasteiger partial charge in [-0.2, -0.15) is 0 Å². The van der Waals surface area contributed by atoms with Crippen molar-refractivity contribution >= 4 is 39.1 Å². The lowest BCUT2D eigenvalue weighted by atomic mass is 10.1. The quantitative estimate of drug-likeness (QED) is 0.847. The second kappa shape index (κ2) is 7.28. The van der Waals surface area contributed by atoms with Crippen LogP contribution >= 0.6 is 15.9 Å². The predicted octanol–water partition coefficient (Wildman–Crippen LogP) is 3.98. The van der Waals surface area contributed by atoms with Gasteiger partial charge in [-0.05, 0) is 58.7 Å². The Labute approximate surface area is 143 Å². The summed E-state index contributed by atoms with van der Waals surface area (Å²) in [7, 11) is 1.57. The van der Waals surface area contributed by atoms with Crippen LogP contribution in [0.4, 0.5) is 11.4 Å². The molecule has 6 heteroatoms. The molecule has 2 N–H and O–H groups in total. The fourth-order valence-electron chi connectivity index (χ4n) is 2.03. The maximum absolute atomic E-state index is 12.3. The summed E-state index contributed by atoms with van der Waals surface area (Å²) in [6.07, 6.45) is 0. The lowest BCUT2D eigenvalue weighted by Gasteiger charge is -2.11. The summed E-state index contributed by atoms with van der Waals surface area (Å²) >= 11 is 3.36. The van der Waals surface area contributed by atoms with Crippen LogP contribution in [0.3, 0.4) is 0 Å². The number of methoxy groups -OCH3 is 1. The first-order valence-electron chi connectivity index (χ1n) is 6.94. The molecule has 23 heavy (non-hydrogen) atoms. The number of ether oxygens (including phenoxy) is 1. The average Bonchev–Trinajstić information content (AvgIpc) is 2.50. The van der Waals surface area contributed by atoms with Crippen molar-refractivity contribution in [1.29, 1.82) is 0 Å². The molecule has 2 amide bonds. The van der Waals surface area contributed by atoms with Crippen molar-refractivity contribution in [3.8, 4) is 5.75 Å². The van der Waals surface area contributed by atoms with Gasteiger partial charge in [0.2, 0.25) is 5.91 Å². The fraction of sp³-hybridized carbons (Fsp3) is 0.176. The minimum atomic E-state index is -0.244. The van der Waals surface area contributed by atoms with E-state index in [0.29, 0.717) is 27.2 Å². The van der Waals surface area contributed by atoms with E-state index in [4.69, 9.17) is 4.74 Å². The van der Waals surface area contributed by atoms with E-state index in [0.717, 1.165) is 5.56 Å². The SMILES string of the molecule is COc1ccc(C(=O)Nc2ccc(C)c(NC(C)=O)c2)cc1Br. The minimum absolute atomic E-state index is 0.157. The molecule has 0 radical (unpaired) electrons. The van der Waals surface area contributed by atoms with E-state index in [1.807, 2.05) is 13.0 Å². The Hall–Kier alpha value is -2.34. The van der Waals surface area contributed by atoms with E-state index in [1.54, 1.807) is 37.4 Å². The molecule has 0 unspecified atom stereocenters. The highest BCUT2D eigenvalue weighted by molar-refractivity contribution is 9.10. The molecule has 0 saturated carbocycles. The number of anilines is 2. The van der Waals surface area contributed by atoms with E-state index < -0.39 is 0 Å². The second-order valence-electron chi connectivity index (χ2n) is 5.01. The summed E-state index contributed by atoms with van der Waals surface area (Å²) in [5.41, 5.74) is 2.70. The van der Waals surface area contributed by atoms with Gasteiger partial charge in [0, 0.05) is 23.9 Å². The van der Waals surface area contributed by atoms with Crippen LogP contribution in [0.2, 0.25) is 0 Å². The third-order valence-electron chi connectivity index (χ3n) is 3.22. The first kappa shape index (κ1) is 17.0. The number of carbonyl (C=O) groups excluding carboxylic acids is 2. The van der Waals surface area contributed by atoms with E-state index in [1.165, 1.54) is 6.92 Å². The monoisotopic (exact) mass is 376 g/mol. The van der Waals surface area contributed by atoms with Gasteiger partial charge in [-0.25, -0.2) is 0 Å². The van der Waals surface area contributed by atoms with Crippen LogP contribution in [0.25, 0.3) is 0 Å². The van der Waals surface area contributed by atoms with Crippen LogP contribution in [-0.2, 0) is 4.79 Å². The Bertz CT molecular complexity index is 759. The first-order valence-corrected chi connectivity index (χ1v) is 7.73. The highest BCUT2D eigenvalue weighted by atomic mass is 79.9. The van der Waals surface area contributed by atoms with Crippen LogP contribution in [-0.4, -0.2) is 18.9 Å². The largest absolute Gasteiger partial charge is 0.496 e. The number of aryl methyl sites for hydroxylation is 1. The lowest BCUT2D eigenvalue weighted by Crippen LogP contribution is -2.13. The molecule has 0 aliphatic carbocycles. The number of carbonyl (C=O) groups is 2. The summed E-state index contributed by atoms with van der Waals surface area (Å²) in [5, 5.41) is 5.55. The standard InChI is InChI=1S/C17H17BrN2O3/c1-10-4-6-13(9-15(10)19-11(2)21)20-17(22)12-5-7-16(23-3)14(18)8-12/h4-9H,1-3H3,(H,19,21)(H,20,22). The van der Waals surface area contributed by atoms with Crippen molar-refractivity contribution in [1.82, 2.24) is 0 Å². The maximum atomic E-state index is 12.3. The fourth-order valence-corrected chi connectivity index (χ4v) is 2.58. The van der Waals surface area contributed by atoms with Gasteiger partial charge in [-0.3, -0.25) is 9.59 Å². The van der Waals surface area contributed by atoms with Crippen molar-refractivity contribution in [2.75, 3.05) is 17.7 Å². The Morgan fingerprint density at radius 2 is 1.83 bits per heavy atom. The Kier molecular flexibility index (Phi) is 5.39. The third-order valence-corrected chi connectivity index (χ3v) is 3.84. The molecule has 0 spiro atoms. The van der Waals surface area contributed by atoms with E-state index in [9.17, 15) is 9.59 Å². The number of nitrogens with one attached hydrogen (secondary N) is 2. The Balaban J connectivity index is 2.20. The number of hydrogen-bond donors (Lipinski definition) is 2. The number of hydrogen-bond acceptors (Lipinski definition) is 3. The van der Waals surface area contributed by atoms with Crippen LogP contribution in [0, 0.1) is 6.92 Å². The molecule has 5 nitrogen and oxygen atoms in total. The molecule has 0 aromatic heterocycles. The van der Waals surface area contributed by atoms with Crippen molar-refractivity contribution in [2.45, 2.75) is 13.8 Å². The summed E-state index contributed by atoms with van der Waals surface area (Å²) < 4.78 is 5.85. The van der Waals surface area contributed by atoms with Gasteiger partial charge >= 0.3 is 0 Å². The molecule has 2 aromatic carbocycles. The molecule has 2 aromatic rings. The van der Waals surface area contributed by atoms with Crippen LogP contribution in [0.5, 0.6) is 5.75 Å². The summed E-state index contributed by atoms with van der Waals surface area (Å²) in [6, 6.07) is 10.4. The number of halogens is 1. The number of benzene rings is 2. The third kappa shape index (κ3) is 4.32. The number of amides is 2. The van der Waals surface area contributed by atoms with Crippen molar-refractivity contribution < 1.29 is 14.3 Å². The highest BCUT2D eigenvalue weighted by Crippen LogP contribution is 2.26. The van der Waals surface area contributed by atoms with Crippen LogP contribution in [0.15, 0.2) is 40.9 Å². The molecule has 0 atom stereocenters. The molecule has 120 valence electrons. The highest BCUT2D eigenvalue weighted by Gasteiger charge is 2.10. The molecule has 0 heterocycles. The van der Waals surface area contributed by atoms with Gasteiger partial charge in [0.05, 0.1) is 11.6 Å². The predicted molar refractivity (Wildman–Crippen MR) is 94.1 cm³/mol. The minimum Gasteiger partial charge on any atom is -0.496 e. The summed E-state index contributed by atoms with van der Waals surface area (Å²) in [4.78, 5) is 23.5. The molecule has 0 bridgehead atoms. The van der Waals surface area contributed by atoms with Crippen molar-refractivity contribution in [2.24, 2.45) is 0 Å². The maximum Gasteiger partial charge on any atom is 0.255 e. The first-order chi connectivity index (χ1) is 10.9. The number of rotatable bonds is 4. The lowest BCUT2D eigenvalue weighted by molar-refractivity contribution is -0.114. The van der Waals surface area contributed by atoms with E-state index >= 15 is 0 Å². The second-order valence-corrected chi connectivity index (χ2v) is 5.87. The zero-order chi connectivity index (χ0) is 17.0. The normalized spacial score (nSPS) is 10.1. The average molecular weight is 377 g/mol. The molecule has 0 aliphatic heterocycles. The van der Waals surface area contributed by atoms with Gasteiger partial charge in [0.1, 0.15) is 5.75 Å². The van der Waals surface area contributed by atoms with Crippen molar-refractivity contribution in [3.05, 3.63) is 52.0 Å². The van der Waals surface area contributed by atoms with Gasteiger partial charge < -0.3 is 15.4 Å². The van der Waals surface area contributed by atoms with E-state index in [2.05, 4.69) is 26.6 Å². The topological polar surface area (TPSA) is 67.4 Å². The van der Waals surface area contributed by atoms with Gasteiger partial charge in [-0.15, -0.1) is 0 Å². The molecule has 2 rings (SSSR count). The smallest absolute Gasteiger partial charge is 0.255 e. The van der Waals surface area contributed by atoms with Gasteiger partial charge in [0.15, 0.2) is 0 Å². The van der Waals surface area contributed by atoms with Crippen molar-refractivity contribution in [3.63, 3.8) is 0 Å². The Morgan fingerprint density at radius 3 is 2.43 bits per heavy atom. The molecule has 0 aliphatic rings. The summed E-state index contributed by atoms with van der Waals surface area (Å²) in [5.74, 6) is 0.256. The van der Waals surface area contributed by atoms with E-state index in [-0.39, 0.29) is 11.8 Å². The zero-order valence-corrected chi connectivity index (χ0v) is 14.7. The van der Waals surface area contributed by atoms with Crippen LogP contribution in [0.1, 0.15) is 22.8 Å². The van der Waals surface area contributed by atoms with Gasteiger partial charge in [0.25, 0.3) is 5.91 Å². The van der Waals surface area contributed by atoms with Crippen LogP contribution < -0.4 is 15.4 Å². The Morgan fingerprint density at radius 1 is 1.09 bits per heavy atom. The molecular weight excluding hydrogens is 360 g/mol. The zero-order valence-electron chi connectivity index (χ0n) is 13.1. The van der Waals surface area contributed by atoms with Gasteiger partial charge in [-0.1, -0.05) is 6.07 Å². The summed E-state index contributed by atoms with van der Waals surface area (Å²) in [6.45, 7) is 3.33. The molecule has 0 fully saturated rings. The molecular formula is C17H17BrN2O3.